The summed E-state index contributed by atoms with van der Waals surface area (Å²) in [6, 6.07) is 3.89. The number of carboxylic acids is 1. The van der Waals surface area contributed by atoms with Crippen LogP contribution in [-0.2, 0) is 4.79 Å². The van der Waals surface area contributed by atoms with Crippen LogP contribution in [0.4, 0.5) is 5.69 Å². The van der Waals surface area contributed by atoms with E-state index in [1.54, 1.807) is 19.1 Å². The van der Waals surface area contributed by atoms with Crippen LogP contribution in [0.25, 0.3) is 0 Å². The minimum absolute atomic E-state index is 0.320. The zero-order chi connectivity index (χ0) is 13.0. The van der Waals surface area contributed by atoms with E-state index in [2.05, 4.69) is 21.2 Å². The van der Waals surface area contributed by atoms with Gasteiger partial charge in [0, 0.05) is 10.2 Å². The summed E-state index contributed by atoms with van der Waals surface area (Å²) in [7, 11) is 0. The molecule has 1 aromatic carbocycles. The van der Waals surface area contributed by atoms with Gasteiger partial charge in [-0.25, -0.2) is 4.79 Å². The summed E-state index contributed by atoms with van der Waals surface area (Å²) in [6.45, 7) is 1.69. The van der Waals surface area contributed by atoms with Gasteiger partial charge in [0.05, 0.1) is 5.56 Å². The Kier molecular flexibility index (Phi) is 4.51. The van der Waals surface area contributed by atoms with E-state index < -0.39 is 17.9 Å². The van der Waals surface area contributed by atoms with Crippen LogP contribution in [0.3, 0.4) is 0 Å². The number of hydrogen-bond acceptors (Lipinski definition) is 3. The maximum Gasteiger partial charge on any atom is 0.326 e. The molecule has 1 amide bonds. The summed E-state index contributed by atoms with van der Waals surface area (Å²) in [5.41, 5.74) is 6.34. The van der Waals surface area contributed by atoms with E-state index >= 15 is 0 Å². The van der Waals surface area contributed by atoms with Crippen molar-refractivity contribution in [1.29, 1.82) is 0 Å². The molecule has 1 atom stereocenters. The minimum Gasteiger partial charge on any atom is -0.480 e. The molecular formula is C11H13BrN2O3. The lowest BCUT2D eigenvalue weighted by Gasteiger charge is -2.13. The Bertz CT molecular complexity index is 448. The van der Waals surface area contributed by atoms with Gasteiger partial charge in [-0.3, -0.25) is 4.79 Å². The molecule has 1 rings (SSSR count). The number of nitrogens with one attached hydrogen (secondary N) is 1. The van der Waals surface area contributed by atoms with Crippen LogP contribution in [0.15, 0.2) is 22.7 Å². The number of rotatable bonds is 4. The molecule has 5 nitrogen and oxygen atoms in total. The van der Waals surface area contributed by atoms with E-state index in [1.807, 2.05) is 0 Å². The summed E-state index contributed by atoms with van der Waals surface area (Å²) in [6.07, 6.45) is 0.320. The Morgan fingerprint density at radius 1 is 1.53 bits per heavy atom. The number of nitrogens with two attached hydrogens (primary N) is 1. The van der Waals surface area contributed by atoms with E-state index in [9.17, 15) is 9.59 Å². The van der Waals surface area contributed by atoms with E-state index in [0.717, 1.165) is 0 Å². The molecule has 0 heterocycles. The molecule has 0 aliphatic carbocycles. The van der Waals surface area contributed by atoms with Crippen molar-refractivity contribution in [2.24, 2.45) is 0 Å². The third-order valence-corrected chi connectivity index (χ3v) is 2.94. The Balaban J connectivity index is 2.89. The standard InChI is InChI=1S/C11H13BrN2O3/c1-2-9(11(16)17)14-10(15)7-5-6(13)3-4-8(7)12/h3-5,9H,2,13H2,1H3,(H,14,15)(H,16,17)/t9-/m1/s1. The van der Waals surface area contributed by atoms with Crippen molar-refractivity contribution in [2.45, 2.75) is 19.4 Å². The highest BCUT2D eigenvalue weighted by Crippen LogP contribution is 2.19. The maximum atomic E-state index is 11.8. The van der Waals surface area contributed by atoms with Crippen molar-refractivity contribution >= 4 is 33.5 Å². The van der Waals surface area contributed by atoms with Crippen LogP contribution in [0.5, 0.6) is 0 Å². The average molecular weight is 301 g/mol. The highest BCUT2D eigenvalue weighted by Gasteiger charge is 2.19. The van der Waals surface area contributed by atoms with Gasteiger partial charge in [-0.2, -0.15) is 0 Å². The molecule has 6 heteroatoms. The molecule has 0 unspecified atom stereocenters. The Morgan fingerprint density at radius 2 is 2.18 bits per heavy atom. The predicted octanol–water partition coefficient (Wildman–Crippen LogP) is 1.62. The molecule has 0 aromatic heterocycles. The number of amides is 1. The lowest BCUT2D eigenvalue weighted by Crippen LogP contribution is -2.40. The molecular weight excluding hydrogens is 288 g/mol. The average Bonchev–Trinajstić information content (AvgIpc) is 2.28. The number of aliphatic carboxylic acids is 1. The number of carbonyl (C=O) groups excluding carboxylic acids is 1. The van der Waals surface area contributed by atoms with Crippen molar-refractivity contribution in [3.8, 4) is 0 Å². The third-order valence-electron chi connectivity index (χ3n) is 2.25. The second kappa shape index (κ2) is 5.67. The first-order valence-electron chi connectivity index (χ1n) is 5.04. The summed E-state index contributed by atoms with van der Waals surface area (Å²) in [4.78, 5) is 22.6. The van der Waals surface area contributed by atoms with E-state index in [0.29, 0.717) is 22.1 Å². The van der Waals surface area contributed by atoms with Crippen LogP contribution in [0.1, 0.15) is 23.7 Å². The second-order valence-corrected chi connectivity index (χ2v) is 4.37. The zero-order valence-electron chi connectivity index (χ0n) is 9.24. The fraction of sp³-hybridized carbons (Fsp3) is 0.273. The molecule has 92 valence electrons. The van der Waals surface area contributed by atoms with Gasteiger partial charge in [-0.1, -0.05) is 6.92 Å². The fourth-order valence-electron chi connectivity index (χ4n) is 1.29. The topological polar surface area (TPSA) is 92.4 Å². The molecule has 0 saturated carbocycles. The monoisotopic (exact) mass is 300 g/mol. The molecule has 0 bridgehead atoms. The first-order chi connectivity index (χ1) is 7.95. The highest BCUT2D eigenvalue weighted by atomic mass is 79.9. The van der Waals surface area contributed by atoms with Gasteiger partial charge in [0.15, 0.2) is 0 Å². The van der Waals surface area contributed by atoms with Gasteiger partial charge in [-0.05, 0) is 40.5 Å². The van der Waals surface area contributed by atoms with Crippen LogP contribution in [0, 0.1) is 0 Å². The first kappa shape index (κ1) is 13.5. The van der Waals surface area contributed by atoms with Gasteiger partial charge in [-0.15, -0.1) is 0 Å². The van der Waals surface area contributed by atoms with Crippen LogP contribution >= 0.6 is 15.9 Å². The largest absolute Gasteiger partial charge is 0.480 e. The molecule has 0 fully saturated rings. The lowest BCUT2D eigenvalue weighted by molar-refractivity contribution is -0.139. The molecule has 17 heavy (non-hydrogen) atoms. The summed E-state index contributed by atoms with van der Waals surface area (Å²) in [5.74, 6) is -1.51. The first-order valence-corrected chi connectivity index (χ1v) is 5.83. The van der Waals surface area contributed by atoms with E-state index in [1.165, 1.54) is 6.07 Å². The van der Waals surface area contributed by atoms with Crippen molar-refractivity contribution in [3.05, 3.63) is 28.2 Å². The fourth-order valence-corrected chi connectivity index (χ4v) is 1.72. The minimum atomic E-state index is -1.05. The van der Waals surface area contributed by atoms with Gasteiger partial charge < -0.3 is 16.2 Å². The second-order valence-electron chi connectivity index (χ2n) is 3.51. The molecule has 0 radical (unpaired) electrons. The van der Waals surface area contributed by atoms with Gasteiger partial charge in [0.25, 0.3) is 5.91 Å². The van der Waals surface area contributed by atoms with Crippen molar-refractivity contribution < 1.29 is 14.7 Å². The molecule has 0 aliphatic heterocycles. The number of anilines is 1. The van der Waals surface area contributed by atoms with Crippen molar-refractivity contribution in [3.63, 3.8) is 0 Å². The number of carboxylic acid groups (broad SMARTS) is 1. The zero-order valence-corrected chi connectivity index (χ0v) is 10.8. The quantitative estimate of drug-likeness (QED) is 0.737. The number of hydrogen-bond donors (Lipinski definition) is 3. The number of halogens is 1. The number of benzene rings is 1. The summed E-state index contributed by atoms with van der Waals surface area (Å²) >= 11 is 3.22. The van der Waals surface area contributed by atoms with Gasteiger partial charge in [0.1, 0.15) is 6.04 Å². The number of carbonyl (C=O) groups is 2. The molecule has 0 spiro atoms. The highest BCUT2D eigenvalue weighted by molar-refractivity contribution is 9.10. The van der Waals surface area contributed by atoms with E-state index in [-0.39, 0.29) is 0 Å². The Hall–Kier alpha value is -1.56. The van der Waals surface area contributed by atoms with Crippen LogP contribution < -0.4 is 11.1 Å². The lowest BCUT2D eigenvalue weighted by atomic mass is 10.1. The van der Waals surface area contributed by atoms with Crippen LogP contribution in [-0.4, -0.2) is 23.0 Å². The maximum absolute atomic E-state index is 11.8. The van der Waals surface area contributed by atoms with Gasteiger partial charge in [0.2, 0.25) is 0 Å². The molecule has 0 saturated heterocycles. The smallest absolute Gasteiger partial charge is 0.326 e. The van der Waals surface area contributed by atoms with Crippen LogP contribution in [0.2, 0.25) is 0 Å². The summed E-state index contributed by atoms with van der Waals surface area (Å²) in [5, 5.41) is 11.3. The predicted molar refractivity (Wildman–Crippen MR) is 67.7 cm³/mol. The molecule has 0 aliphatic rings. The van der Waals surface area contributed by atoms with Crippen molar-refractivity contribution in [2.75, 3.05) is 5.73 Å². The number of nitrogen functional groups attached to an aromatic ring is 1. The molecule has 1 aromatic rings. The van der Waals surface area contributed by atoms with Gasteiger partial charge >= 0.3 is 5.97 Å². The Labute approximate surface area is 107 Å². The third kappa shape index (κ3) is 3.45. The normalized spacial score (nSPS) is 11.9. The Morgan fingerprint density at radius 3 is 2.71 bits per heavy atom. The SMILES string of the molecule is CC[C@@H](NC(=O)c1cc(N)ccc1Br)C(=O)O. The van der Waals surface area contributed by atoms with E-state index in [4.69, 9.17) is 10.8 Å². The summed E-state index contributed by atoms with van der Waals surface area (Å²) < 4.78 is 0.574. The van der Waals surface area contributed by atoms with Crippen molar-refractivity contribution in [1.82, 2.24) is 5.32 Å². The molecule has 4 N–H and O–H groups in total.